The molecule has 0 saturated heterocycles. The Morgan fingerprint density at radius 3 is 2.61 bits per heavy atom. The summed E-state index contributed by atoms with van der Waals surface area (Å²) in [7, 11) is 0. The molecule has 1 N–H and O–H groups in total. The zero-order valence-corrected chi connectivity index (χ0v) is 17.0. The Balaban J connectivity index is 1.58. The van der Waals surface area contributed by atoms with Crippen molar-refractivity contribution in [2.24, 2.45) is 0 Å². The number of thioether (sulfide) groups is 1. The molecule has 0 aliphatic rings. The Bertz CT molecular complexity index is 1000. The van der Waals surface area contributed by atoms with E-state index in [1.54, 1.807) is 4.57 Å². The maximum absolute atomic E-state index is 12.7. The van der Waals surface area contributed by atoms with Gasteiger partial charge in [0.1, 0.15) is 0 Å². The molecule has 0 bridgehead atoms. The van der Waals surface area contributed by atoms with E-state index >= 15 is 0 Å². The minimum Gasteiger partial charge on any atom is -0.353 e. The summed E-state index contributed by atoms with van der Waals surface area (Å²) in [5, 5.41) is 3.38. The monoisotopic (exact) mass is 395 g/mol. The average Bonchev–Trinajstić information content (AvgIpc) is 2.71. The molecule has 0 radical (unpaired) electrons. The molecule has 3 aromatic rings. The number of hydrogen-bond donors (Lipinski definition) is 1. The third-order valence-corrected chi connectivity index (χ3v) is 5.54. The number of carbonyl (C=O) groups excluding carboxylic acids is 1. The van der Waals surface area contributed by atoms with Gasteiger partial charge in [0.25, 0.3) is 5.56 Å². The Morgan fingerprint density at radius 1 is 1.14 bits per heavy atom. The summed E-state index contributed by atoms with van der Waals surface area (Å²) in [6.45, 7) is 4.51. The van der Waals surface area contributed by atoms with Gasteiger partial charge in [-0.2, -0.15) is 0 Å². The number of fused-ring (bicyclic) bond motifs is 1. The van der Waals surface area contributed by atoms with Crippen LogP contribution in [0.5, 0.6) is 0 Å². The first kappa shape index (κ1) is 20.1. The molecule has 0 spiro atoms. The van der Waals surface area contributed by atoms with Crippen molar-refractivity contribution in [3.63, 3.8) is 0 Å². The fraction of sp³-hybridized carbons (Fsp3) is 0.318. The first-order valence-corrected chi connectivity index (χ1v) is 10.5. The topological polar surface area (TPSA) is 64.0 Å². The molecule has 28 heavy (non-hydrogen) atoms. The zero-order chi connectivity index (χ0) is 19.9. The van der Waals surface area contributed by atoms with Crippen molar-refractivity contribution in [2.45, 2.75) is 44.3 Å². The minimum absolute atomic E-state index is 0.0742. The number of benzene rings is 2. The van der Waals surface area contributed by atoms with Gasteiger partial charge in [-0.3, -0.25) is 9.59 Å². The molecule has 2 aromatic carbocycles. The summed E-state index contributed by atoms with van der Waals surface area (Å²) in [4.78, 5) is 29.4. The molecule has 0 saturated carbocycles. The van der Waals surface area contributed by atoms with Crippen LogP contribution in [0, 0.1) is 0 Å². The average molecular weight is 396 g/mol. The summed E-state index contributed by atoms with van der Waals surface area (Å²) >= 11 is 1.20. The summed E-state index contributed by atoms with van der Waals surface area (Å²) in [5.41, 5.74) is 2.70. The standard InChI is InChI=1S/C22H25N3O2S/c1-3-25-19-12-8-7-11-18(19)24-21(22(25)27)28-15-20(26)23-16(2)13-14-17-9-5-4-6-10-17/h4-12,16H,3,13-15H2,1-2H3,(H,23,26). The van der Waals surface area contributed by atoms with Gasteiger partial charge in [0.05, 0.1) is 16.8 Å². The Kier molecular flexibility index (Phi) is 6.87. The molecular formula is C22H25N3O2S. The highest BCUT2D eigenvalue weighted by Crippen LogP contribution is 2.16. The number of amides is 1. The third-order valence-electron chi connectivity index (χ3n) is 4.60. The molecule has 0 aliphatic carbocycles. The maximum Gasteiger partial charge on any atom is 0.283 e. The lowest BCUT2D eigenvalue weighted by Gasteiger charge is -2.14. The molecule has 5 nitrogen and oxygen atoms in total. The van der Waals surface area contributed by atoms with Crippen molar-refractivity contribution in [1.82, 2.24) is 14.9 Å². The molecule has 1 atom stereocenters. The van der Waals surface area contributed by atoms with E-state index in [1.807, 2.05) is 56.3 Å². The van der Waals surface area contributed by atoms with Crippen molar-refractivity contribution >= 4 is 28.7 Å². The van der Waals surface area contributed by atoms with Crippen molar-refractivity contribution in [2.75, 3.05) is 5.75 Å². The lowest BCUT2D eigenvalue weighted by atomic mass is 10.1. The third kappa shape index (κ3) is 5.01. The fourth-order valence-corrected chi connectivity index (χ4v) is 3.88. The predicted molar refractivity (Wildman–Crippen MR) is 115 cm³/mol. The van der Waals surface area contributed by atoms with Crippen LogP contribution >= 0.6 is 11.8 Å². The van der Waals surface area contributed by atoms with Gasteiger partial charge in [-0.15, -0.1) is 0 Å². The zero-order valence-electron chi connectivity index (χ0n) is 16.2. The molecule has 1 heterocycles. The largest absolute Gasteiger partial charge is 0.353 e. The van der Waals surface area contributed by atoms with E-state index in [4.69, 9.17) is 0 Å². The van der Waals surface area contributed by atoms with Crippen LogP contribution in [0.1, 0.15) is 25.8 Å². The van der Waals surface area contributed by atoms with Gasteiger partial charge < -0.3 is 9.88 Å². The Labute approximate surface area is 169 Å². The number of aromatic nitrogens is 2. The molecule has 6 heteroatoms. The highest BCUT2D eigenvalue weighted by Gasteiger charge is 2.13. The van der Waals surface area contributed by atoms with Crippen molar-refractivity contribution in [3.05, 3.63) is 70.5 Å². The van der Waals surface area contributed by atoms with Gasteiger partial charge in [0.15, 0.2) is 5.03 Å². The van der Waals surface area contributed by atoms with Gasteiger partial charge >= 0.3 is 0 Å². The molecule has 1 unspecified atom stereocenters. The quantitative estimate of drug-likeness (QED) is 0.592. The number of nitrogens with zero attached hydrogens (tertiary/aromatic N) is 2. The summed E-state index contributed by atoms with van der Waals surface area (Å²) in [6.07, 6.45) is 1.79. The molecule has 1 amide bonds. The van der Waals surface area contributed by atoms with E-state index in [-0.39, 0.29) is 23.3 Å². The van der Waals surface area contributed by atoms with Crippen molar-refractivity contribution in [1.29, 1.82) is 0 Å². The number of aryl methyl sites for hydroxylation is 2. The van der Waals surface area contributed by atoms with Crippen molar-refractivity contribution in [3.8, 4) is 0 Å². The summed E-state index contributed by atoms with van der Waals surface area (Å²) in [6, 6.07) is 17.9. The number of para-hydroxylation sites is 2. The van der Waals surface area contributed by atoms with Crippen LogP contribution in [0.4, 0.5) is 0 Å². The Hall–Kier alpha value is -2.60. The lowest BCUT2D eigenvalue weighted by molar-refractivity contribution is -0.119. The van der Waals surface area contributed by atoms with E-state index in [9.17, 15) is 9.59 Å². The number of carbonyl (C=O) groups is 1. The molecule has 1 aromatic heterocycles. The van der Waals surface area contributed by atoms with Crippen molar-refractivity contribution < 1.29 is 4.79 Å². The van der Waals surface area contributed by atoms with Gasteiger partial charge in [-0.05, 0) is 44.4 Å². The SMILES string of the molecule is CCn1c(=O)c(SCC(=O)NC(C)CCc2ccccc2)nc2ccccc21. The molecular weight excluding hydrogens is 370 g/mol. The first-order chi connectivity index (χ1) is 13.6. The van der Waals surface area contributed by atoms with Crippen LogP contribution in [-0.4, -0.2) is 27.3 Å². The second-order valence-corrected chi connectivity index (χ2v) is 7.70. The minimum atomic E-state index is -0.142. The normalized spacial score (nSPS) is 12.1. The van der Waals surface area contributed by atoms with Crippen LogP contribution < -0.4 is 10.9 Å². The number of nitrogens with one attached hydrogen (secondary N) is 1. The fourth-order valence-electron chi connectivity index (χ4n) is 3.13. The van der Waals surface area contributed by atoms with Crippen LogP contribution in [0.2, 0.25) is 0 Å². The van der Waals surface area contributed by atoms with Gasteiger partial charge in [-0.25, -0.2) is 4.98 Å². The molecule has 0 fully saturated rings. The van der Waals surface area contributed by atoms with E-state index in [0.717, 1.165) is 23.9 Å². The second kappa shape index (κ2) is 9.55. The lowest BCUT2D eigenvalue weighted by Crippen LogP contribution is -2.34. The first-order valence-electron chi connectivity index (χ1n) is 9.54. The van der Waals surface area contributed by atoms with E-state index in [2.05, 4.69) is 22.4 Å². The van der Waals surface area contributed by atoms with Crippen LogP contribution in [-0.2, 0) is 17.8 Å². The van der Waals surface area contributed by atoms with E-state index in [0.29, 0.717) is 11.6 Å². The van der Waals surface area contributed by atoms with E-state index in [1.165, 1.54) is 17.3 Å². The van der Waals surface area contributed by atoms with Gasteiger partial charge in [-0.1, -0.05) is 54.2 Å². The summed E-state index contributed by atoms with van der Waals surface area (Å²) in [5.74, 6) is 0.0999. The Morgan fingerprint density at radius 2 is 1.86 bits per heavy atom. The van der Waals surface area contributed by atoms with E-state index < -0.39 is 0 Å². The number of rotatable bonds is 8. The van der Waals surface area contributed by atoms with Crippen LogP contribution in [0.25, 0.3) is 11.0 Å². The van der Waals surface area contributed by atoms with Gasteiger partial charge in [0, 0.05) is 12.6 Å². The van der Waals surface area contributed by atoms with Crippen LogP contribution in [0.3, 0.4) is 0 Å². The summed E-state index contributed by atoms with van der Waals surface area (Å²) < 4.78 is 1.70. The maximum atomic E-state index is 12.7. The smallest absolute Gasteiger partial charge is 0.283 e. The highest BCUT2D eigenvalue weighted by molar-refractivity contribution is 7.99. The highest BCUT2D eigenvalue weighted by atomic mass is 32.2. The molecule has 146 valence electrons. The molecule has 0 aliphatic heterocycles. The second-order valence-electron chi connectivity index (χ2n) is 6.74. The van der Waals surface area contributed by atoms with Crippen LogP contribution in [0.15, 0.2) is 64.4 Å². The molecule has 3 rings (SSSR count). The number of hydrogen-bond acceptors (Lipinski definition) is 4. The van der Waals surface area contributed by atoms with Gasteiger partial charge in [0.2, 0.25) is 5.91 Å². The predicted octanol–water partition coefficient (Wildman–Crippen LogP) is 3.65.